The van der Waals surface area contributed by atoms with Gasteiger partial charge in [0, 0.05) is 0 Å². The van der Waals surface area contributed by atoms with Crippen LogP contribution in [-0.2, 0) is 14.2 Å². The molecule has 4 atom stereocenters. The first-order valence-electron chi connectivity index (χ1n) is 8.37. The van der Waals surface area contributed by atoms with Crippen LogP contribution in [0.3, 0.4) is 0 Å². The number of ether oxygens (including phenoxy) is 3. The Balaban J connectivity index is 2.10. The Labute approximate surface area is 152 Å². The molecular formula is C18H25NO7. The number of amides is 1. The zero-order chi connectivity index (χ0) is 19.3. The average Bonchev–Trinajstić information content (AvgIpc) is 2.95. The minimum atomic E-state index is -1.24. The zero-order valence-electron chi connectivity index (χ0n) is 15.0. The molecule has 0 spiro atoms. The van der Waals surface area contributed by atoms with E-state index in [1.165, 1.54) is 0 Å². The van der Waals surface area contributed by atoms with Crippen LogP contribution in [0.2, 0.25) is 0 Å². The van der Waals surface area contributed by atoms with Crippen LogP contribution in [0.4, 0.5) is 4.79 Å². The predicted octanol–water partition coefficient (Wildman–Crippen LogP) is 0.857. The van der Waals surface area contributed by atoms with Crippen LogP contribution in [0.5, 0.6) is 0 Å². The van der Waals surface area contributed by atoms with E-state index in [1.807, 2.05) is 0 Å². The van der Waals surface area contributed by atoms with Gasteiger partial charge in [-0.1, -0.05) is 18.2 Å². The van der Waals surface area contributed by atoms with E-state index in [0.29, 0.717) is 5.56 Å². The SMILES string of the molecule is CC(C)(C)OC(=O)N[C@H]1[C@@H]([C@H](O)CO)OC[C@@H]1OC(=O)c1ccccc1. The summed E-state index contributed by atoms with van der Waals surface area (Å²) in [5.74, 6) is -0.575. The van der Waals surface area contributed by atoms with Gasteiger partial charge in [-0.05, 0) is 32.9 Å². The lowest BCUT2D eigenvalue weighted by Crippen LogP contribution is -2.53. The molecule has 1 aromatic rings. The van der Waals surface area contributed by atoms with Crippen molar-refractivity contribution in [2.24, 2.45) is 0 Å². The first kappa shape index (κ1) is 20.2. The third-order valence-electron chi connectivity index (χ3n) is 3.73. The highest BCUT2D eigenvalue weighted by atomic mass is 16.6. The second-order valence-corrected chi connectivity index (χ2v) is 7.03. The van der Waals surface area contributed by atoms with Gasteiger partial charge in [0.1, 0.15) is 30.0 Å². The van der Waals surface area contributed by atoms with Crippen molar-refractivity contribution in [1.29, 1.82) is 0 Å². The molecule has 1 amide bonds. The van der Waals surface area contributed by atoms with E-state index in [0.717, 1.165) is 0 Å². The summed E-state index contributed by atoms with van der Waals surface area (Å²) in [6.45, 7) is 4.55. The Morgan fingerprint density at radius 2 is 1.96 bits per heavy atom. The van der Waals surface area contributed by atoms with E-state index in [4.69, 9.17) is 14.2 Å². The molecular weight excluding hydrogens is 342 g/mol. The van der Waals surface area contributed by atoms with Gasteiger partial charge in [0.15, 0.2) is 0 Å². The molecule has 144 valence electrons. The zero-order valence-corrected chi connectivity index (χ0v) is 15.0. The van der Waals surface area contributed by atoms with Crippen molar-refractivity contribution < 1.29 is 34.0 Å². The van der Waals surface area contributed by atoms with Gasteiger partial charge in [0.2, 0.25) is 0 Å². The van der Waals surface area contributed by atoms with Crippen molar-refractivity contribution in [1.82, 2.24) is 5.32 Å². The summed E-state index contributed by atoms with van der Waals surface area (Å²) in [6.07, 6.45) is -3.73. The smallest absolute Gasteiger partial charge is 0.408 e. The van der Waals surface area contributed by atoms with E-state index >= 15 is 0 Å². The fourth-order valence-electron chi connectivity index (χ4n) is 2.58. The molecule has 0 aromatic heterocycles. The number of esters is 1. The Bertz CT molecular complexity index is 614. The van der Waals surface area contributed by atoms with Crippen LogP contribution >= 0.6 is 0 Å². The van der Waals surface area contributed by atoms with Gasteiger partial charge in [-0.25, -0.2) is 9.59 Å². The molecule has 0 aliphatic carbocycles. The Morgan fingerprint density at radius 3 is 2.54 bits per heavy atom. The van der Waals surface area contributed by atoms with Crippen molar-refractivity contribution in [2.75, 3.05) is 13.2 Å². The number of nitrogens with one attached hydrogen (secondary N) is 1. The lowest BCUT2D eigenvalue weighted by atomic mass is 10.0. The molecule has 1 heterocycles. The standard InChI is InChI=1S/C18H25NO7/c1-18(2,3)26-17(23)19-14-13(10-24-15(14)12(21)9-20)25-16(22)11-7-5-4-6-8-11/h4-8,12-15,20-21H,9-10H2,1-3H3,(H,19,23)/t12-,13+,14-,15-/m1/s1. The van der Waals surface area contributed by atoms with Crippen LogP contribution in [0, 0.1) is 0 Å². The number of carbonyl (C=O) groups excluding carboxylic acids is 2. The quantitative estimate of drug-likeness (QED) is 0.661. The molecule has 1 fully saturated rings. The summed E-state index contributed by atoms with van der Waals surface area (Å²) in [5, 5.41) is 21.7. The van der Waals surface area contributed by atoms with Crippen molar-refractivity contribution in [3.8, 4) is 0 Å². The van der Waals surface area contributed by atoms with Crippen LogP contribution in [-0.4, -0.2) is 65.4 Å². The van der Waals surface area contributed by atoms with E-state index < -0.39 is 48.6 Å². The molecule has 0 saturated carbocycles. The first-order chi connectivity index (χ1) is 12.2. The minimum absolute atomic E-state index is 0.0270. The van der Waals surface area contributed by atoms with Gasteiger partial charge in [0.25, 0.3) is 0 Å². The van der Waals surface area contributed by atoms with E-state index in [1.54, 1.807) is 51.1 Å². The maximum Gasteiger partial charge on any atom is 0.408 e. The van der Waals surface area contributed by atoms with Crippen molar-refractivity contribution in [3.05, 3.63) is 35.9 Å². The number of hydrogen-bond acceptors (Lipinski definition) is 7. The normalized spacial score (nSPS) is 24.0. The number of rotatable bonds is 5. The fourth-order valence-corrected chi connectivity index (χ4v) is 2.58. The highest BCUT2D eigenvalue weighted by Crippen LogP contribution is 2.22. The highest BCUT2D eigenvalue weighted by molar-refractivity contribution is 5.89. The number of aliphatic hydroxyl groups is 2. The number of aliphatic hydroxyl groups excluding tert-OH is 2. The molecule has 1 aliphatic rings. The summed E-state index contributed by atoms with van der Waals surface area (Å²) < 4.78 is 16.1. The third-order valence-corrected chi connectivity index (χ3v) is 3.73. The van der Waals surface area contributed by atoms with Crippen molar-refractivity contribution in [2.45, 2.75) is 50.7 Å². The molecule has 1 aromatic carbocycles. The van der Waals surface area contributed by atoms with Gasteiger partial charge in [-0.2, -0.15) is 0 Å². The predicted molar refractivity (Wildman–Crippen MR) is 91.6 cm³/mol. The molecule has 2 rings (SSSR count). The molecule has 8 heteroatoms. The van der Waals surface area contributed by atoms with Gasteiger partial charge in [0.05, 0.1) is 18.8 Å². The number of alkyl carbamates (subject to hydrolysis) is 1. The molecule has 0 bridgehead atoms. The molecule has 0 radical (unpaired) electrons. The largest absolute Gasteiger partial charge is 0.454 e. The number of carbonyl (C=O) groups is 2. The molecule has 26 heavy (non-hydrogen) atoms. The maximum atomic E-state index is 12.3. The van der Waals surface area contributed by atoms with Crippen LogP contribution in [0.15, 0.2) is 30.3 Å². The summed E-state index contributed by atoms with van der Waals surface area (Å²) >= 11 is 0. The topological polar surface area (TPSA) is 114 Å². The van der Waals surface area contributed by atoms with Crippen LogP contribution in [0.1, 0.15) is 31.1 Å². The number of benzene rings is 1. The van der Waals surface area contributed by atoms with Crippen molar-refractivity contribution in [3.63, 3.8) is 0 Å². The second kappa shape index (κ2) is 8.48. The monoisotopic (exact) mass is 367 g/mol. The Hall–Kier alpha value is -2.16. The molecule has 1 saturated heterocycles. The lowest BCUT2D eigenvalue weighted by molar-refractivity contribution is -0.0378. The first-order valence-corrected chi connectivity index (χ1v) is 8.37. The highest BCUT2D eigenvalue weighted by Gasteiger charge is 2.44. The fraction of sp³-hybridized carbons (Fsp3) is 0.556. The Kier molecular flexibility index (Phi) is 6.57. The average molecular weight is 367 g/mol. The minimum Gasteiger partial charge on any atom is -0.454 e. The van der Waals surface area contributed by atoms with Gasteiger partial charge in [-0.3, -0.25) is 0 Å². The molecule has 3 N–H and O–H groups in total. The second-order valence-electron chi connectivity index (χ2n) is 7.03. The summed E-state index contributed by atoms with van der Waals surface area (Å²) in [5.41, 5.74) is -0.361. The summed E-state index contributed by atoms with van der Waals surface area (Å²) in [7, 11) is 0. The summed E-state index contributed by atoms with van der Waals surface area (Å²) in [4.78, 5) is 24.4. The molecule has 8 nitrogen and oxygen atoms in total. The van der Waals surface area contributed by atoms with E-state index in [2.05, 4.69) is 5.32 Å². The lowest BCUT2D eigenvalue weighted by Gasteiger charge is -2.28. The van der Waals surface area contributed by atoms with E-state index in [9.17, 15) is 19.8 Å². The molecule has 1 aliphatic heterocycles. The maximum absolute atomic E-state index is 12.3. The van der Waals surface area contributed by atoms with Crippen molar-refractivity contribution >= 4 is 12.1 Å². The van der Waals surface area contributed by atoms with Gasteiger partial charge in [-0.15, -0.1) is 0 Å². The molecule has 0 unspecified atom stereocenters. The van der Waals surface area contributed by atoms with Gasteiger partial charge >= 0.3 is 12.1 Å². The van der Waals surface area contributed by atoms with E-state index in [-0.39, 0.29) is 6.61 Å². The summed E-state index contributed by atoms with van der Waals surface area (Å²) in [6, 6.07) is 7.53. The van der Waals surface area contributed by atoms with Crippen LogP contribution in [0.25, 0.3) is 0 Å². The van der Waals surface area contributed by atoms with Gasteiger partial charge < -0.3 is 29.7 Å². The Morgan fingerprint density at radius 1 is 1.31 bits per heavy atom. The third kappa shape index (κ3) is 5.42. The number of hydrogen-bond donors (Lipinski definition) is 3. The van der Waals surface area contributed by atoms with Crippen LogP contribution < -0.4 is 5.32 Å².